The quantitative estimate of drug-likeness (QED) is 0.911. The largest absolute Gasteiger partial charge is 0.279 e. The summed E-state index contributed by atoms with van der Waals surface area (Å²) in [6.07, 6.45) is 0. The maximum atomic E-state index is 11.4. The van der Waals surface area contributed by atoms with E-state index in [0.29, 0.717) is 6.54 Å². The SMILES string of the molecule is CNS(=O)(=O)N(C)Cc1ccc(Br)cc1. The average molecular weight is 293 g/mol. The summed E-state index contributed by atoms with van der Waals surface area (Å²) in [4.78, 5) is 0. The maximum absolute atomic E-state index is 11.4. The summed E-state index contributed by atoms with van der Waals surface area (Å²) in [7, 11) is -0.403. The highest BCUT2D eigenvalue weighted by Gasteiger charge is 2.14. The molecule has 0 fully saturated rings. The van der Waals surface area contributed by atoms with Gasteiger partial charge < -0.3 is 0 Å². The number of hydrogen-bond donors (Lipinski definition) is 1. The summed E-state index contributed by atoms with van der Waals surface area (Å²) in [6.45, 7) is 0.358. The highest BCUT2D eigenvalue weighted by molar-refractivity contribution is 9.10. The predicted molar refractivity (Wildman–Crippen MR) is 63.6 cm³/mol. The van der Waals surface area contributed by atoms with Crippen molar-refractivity contribution in [1.29, 1.82) is 0 Å². The molecule has 1 rings (SSSR count). The van der Waals surface area contributed by atoms with Crippen molar-refractivity contribution >= 4 is 26.1 Å². The topological polar surface area (TPSA) is 49.4 Å². The maximum Gasteiger partial charge on any atom is 0.279 e. The van der Waals surface area contributed by atoms with E-state index in [0.717, 1.165) is 10.0 Å². The lowest BCUT2D eigenvalue weighted by Gasteiger charge is -2.15. The lowest BCUT2D eigenvalue weighted by Crippen LogP contribution is -2.35. The van der Waals surface area contributed by atoms with Crippen LogP contribution in [0, 0.1) is 0 Å². The van der Waals surface area contributed by atoms with Crippen LogP contribution in [-0.2, 0) is 16.8 Å². The summed E-state index contributed by atoms with van der Waals surface area (Å²) < 4.78 is 27.3. The van der Waals surface area contributed by atoms with Crippen LogP contribution < -0.4 is 4.72 Å². The highest BCUT2D eigenvalue weighted by atomic mass is 79.9. The summed E-state index contributed by atoms with van der Waals surface area (Å²) in [5.74, 6) is 0. The molecule has 0 amide bonds. The molecule has 0 saturated carbocycles. The fourth-order valence-corrected chi connectivity index (χ4v) is 1.98. The van der Waals surface area contributed by atoms with Crippen molar-refractivity contribution in [3.05, 3.63) is 34.3 Å². The van der Waals surface area contributed by atoms with Crippen LogP contribution in [0.25, 0.3) is 0 Å². The second-order valence-electron chi connectivity index (χ2n) is 3.09. The van der Waals surface area contributed by atoms with Crippen LogP contribution >= 0.6 is 15.9 Å². The Balaban J connectivity index is 2.75. The first-order valence-corrected chi connectivity index (χ1v) is 6.58. The molecule has 0 aliphatic rings. The van der Waals surface area contributed by atoms with Crippen molar-refractivity contribution < 1.29 is 8.42 Å². The molecular weight excluding hydrogens is 280 g/mol. The van der Waals surface area contributed by atoms with E-state index >= 15 is 0 Å². The van der Waals surface area contributed by atoms with Crippen LogP contribution in [0.4, 0.5) is 0 Å². The summed E-state index contributed by atoms with van der Waals surface area (Å²) in [5.41, 5.74) is 0.944. The molecule has 0 atom stereocenters. The van der Waals surface area contributed by atoms with Gasteiger partial charge in [0.2, 0.25) is 0 Å². The fourth-order valence-electron chi connectivity index (χ4n) is 1.09. The zero-order chi connectivity index (χ0) is 11.5. The minimum Gasteiger partial charge on any atom is -0.205 e. The van der Waals surface area contributed by atoms with Gasteiger partial charge in [0.15, 0.2) is 0 Å². The van der Waals surface area contributed by atoms with Gasteiger partial charge in [-0.3, -0.25) is 0 Å². The summed E-state index contributed by atoms with van der Waals surface area (Å²) >= 11 is 3.32. The Morgan fingerprint density at radius 1 is 1.33 bits per heavy atom. The van der Waals surface area contributed by atoms with Crippen molar-refractivity contribution in [3.8, 4) is 0 Å². The normalized spacial score (nSPS) is 12.0. The molecule has 0 saturated heterocycles. The molecule has 0 heterocycles. The van der Waals surface area contributed by atoms with E-state index in [1.807, 2.05) is 24.3 Å². The van der Waals surface area contributed by atoms with Gasteiger partial charge >= 0.3 is 0 Å². The third kappa shape index (κ3) is 3.57. The second-order valence-corrected chi connectivity index (χ2v) is 5.99. The van der Waals surface area contributed by atoms with Crippen LogP contribution in [0.3, 0.4) is 0 Å². The molecule has 0 aliphatic heterocycles. The minimum atomic E-state index is -3.33. The van der Waals surface area contributed by atoms with E-state index in [9.17, 15) is 8.42 Å². The van der Waals surface area contributed by atoms with Gasteiger partial charge in [0.05, 0.1) is 0 Å². The minimum absolute atomic E-state index is 0.358. The van der Waals surface area contributed by atoms with Crippen LogP contribution in [0.1, 0.15) is 5.56 Å². The fraction of sp³-hybridized carbons (Fsp3) is 0.333. The molecule has 1 aromatic rings. The molecule has 0 bridgehead atoms. The van der Waals surface area contributed by atoms with Gasteiger partial charge in [-0.1, -0.05) is 28.1 Å². The van der Waals surface area contributed by atoms with Gasteiger partial charge in [0.1, 0.15) is 0 Å². The lowest BCUT2D eigenvalue weighted by molar-refractivity contribution is 0.459. The van der Waals surface area contributed by atoms with Gasteiger partial charge in [0, 0.05) is 25.1 Å². The molecule has 0 aliphatic carbocycles. The van der Waals surface area contributed by atoms with Crippen LogP contribution in [0.5, 0.6) is 0 Å². The molecule has 4 nitrogen and oxygen atoms in total. The molecule has 0 aromatic heterocycles. The van der Waals surface area contributed by atoms with Crippen molar-refractivity contribution in [1.82, 2.24) is 9.03 Å². The van der Waals surface area contributed by atoms with Crippen molar-refractivity contribution in [2.45, 2.75) is 6.54 Å². The van der Waals surface area contributed by atoms with E-state index in [-0.39, 0.29) is 0 Å². The molecule has 0 unspecified atom stereocenters. The number of nitrogens with one attached hydrogen (secondary N) is 1. The lowest BCUT2D eigenvalue weighted by atomic mass is 10.2. The first kappa shape index (κ1) is 12.6. The van der Waals surface area contributed by atoms with Crippen molar-refractivity contribution in [2.24, 2.45) is 0 Å². The van der Waals surface area contributed by atoms with Crippen LogP contribution in [0.15, 0.2) is 28.7 Å². The van der Waals surface area contributed by atoms with E-state index in [1.165, 1.54) is 18.4 Å². The molecule has 0 spiro atoms. The molecule has 84 valence electrons. The van der Waals surface area contributed by atoms with E-state index in [1.54, 1.807) is 0 Å². The first-order valence-electron chi connectivity index (χ1n) is 4.35. The van der Waals surface area contributed by atoms with Crippen molar-refractivity contribution in [2.75, 3.05) is 14.1 Å². The van der Waals surface area contributed by atoms with Gasteiger partial charge in [-0.05, 0) is 17.7 Å². The van der Waals surface area contributed by atoms with E-state index in [4.69, 9.17) is 0 Å². The predicted octanol–water partition coefficient (Wildman–Crippen LogP) is 1.35. The molecule has 1 aromatic carbocycles. The van der Waals surface area contributed by atoms with Gasteiger partial charge in [-0.15, -0.1) is 0 Å². The standard InChI is InChI=1S/C9H13BrN2O2S/c1-11-15(13,14)12(2)7-8-3-5-9(10)6-4-8/h3-6,11H,7H2,1-2H3. The van der Waals surface area contributed by atoms with Crippen LogP contribution in [0.2, 0.25) is 0 Å². The number of hydrogen-bond acceptors (Lipinski definition) is 2. The van der Waals surface area contributed by atoms with Crippen LogP contribution in [-0.4, -0.2) is 26.8 Å². The molecular formula is C9H13BrN2O2S. The van der Waals surface area contributed by atoms with Crippen molar-refractivity contribution in [3.63, 3.8) is 0 Å². The molecule has 1 N–H and O–H groups in total. The zero-order valence-corrected chi connectivity index (χ0v) is 11.0. The third-order valence-electron chi connectivity index (χ3n) is 1.99. The third-order valence-corrected chi connectivity index (χ3v) is 3.98. The Morgan fingerprint density at radius 2 is 1.87 bits per heavy atom. The second kappa shape index (κ2) is 5.07. The molecule has 6 heteroatoms. The van der Waals surface area contributed by atoms with Gasteiger partial charge in [-0.2, -0.15) is 12.7 Å². The van der Waals surface area contributed by atoms with Gasteiger partial charge in [-0.25, -0.2) is 4.72 Å². The Bertz CT molecular complexity index is 416. The smallest absolute Gasteiger partial charge is 0.205 e. The highest BCUT2D eigenvalue weighted by Crippen LogP contribution is 2.12. The molecule has 0 radical (unpaired) electrons. The molecule has 15 heavy (non-hydrogen) atoms. The number of halogens is 1. The number of nitrogens with zero attached hydrogens (tertiary/aromatic N) is 1. The average Bonchev–Trinajstić information content (AvgIpc) is 2.21. The zero-order valence-electron chi connectivity index (χ0n) is 8.57. The monoisotopic (exact) mass is 292 g/mol. The summed E-state index contributed by atoms with van der Waals surface area (Å²) in [5, 5.41) is 0. The Hall–Kier alpha value is -0.430. The Morgan fingerprint density at radius 3 is 2.33 bits per heavy atom. The van der Waals surface area contributed by atoms with Gasteiger partial charge in [0.25, 0.3) is 10.2 Å². The Kier molecular flexibility index (Phi) is 4.27. The van der Waals surface area contributed by atoms with E-state index in [2.05, 4.69) is 20.7 Å². The summed E-state index contributed by atoms with van der Waals surface area (Å²) in [6, 6.07) is 7.53. The Labute approximate surface area is 98.6 Å². The number of rotatable bonds is 4. The van der Waals surface area contributed by atoms with E-state index < -0.39 is 10.2 Å². The first-order chi connectivity index (χ1) is 6.95. The number of benzene rings is 1.